The van der Waals surface area contributed by atoms with Crippen LogP contribution in [0.2, 0.25) is 10.0 Å². The average Bonchev–Trinajstić information content (AvgIpc) is 2.53. The van der Waals surface area contributed by atoms with Gasteiger partial charge >= 0.3 is 0 Å². The van der Waals surface area contributed by atoms with Crippen molar-refractivity contribution in [3.05, 3.63) is 49.5 Å². The first-order valence-corrected chi connectivity index (χ1v) is 9.29. The average molecular weight is 495 g/mol. The standard InChI is InChI=1S/C17H17Cl2IN2O3/c1-2-24-15-6-10(5-13(20)17(15)25-9-16(21)23)8-22-14-4-3-11(18)7-12(14)19/h3-7,22H,2,8-9H2,1H3,(H2,21,23). The summed E-state index contributed by atoms with van der Waals surface area (Å²) in [5, 5.41) is 4.39. The maximum atomic E-state index is 11.0. The van der Waals surface area contributed by atoms with E-state index in [1.807, 2.05) is 25.1 Å². The van der Waals surface area contributed by atoms with Crippen molar-refractivity contribution in [3.63, 3.8) is 0 Å². The maximum absolute atomic E-state index is 11.0. The number of benzene rings is 2. The number of carbonyl (C=O) groups excluding carboxylic acids is 1. The van der Waals surface area contributed by atoms with Gasteiger partial charge < -0.3 is 20.5 Å². The molecule has 3 N–H and O–H groups in total. The third-order valence-corrected chi connectivity index (χ3v) is 4.49. The van der Waals surface area contributed by atoms with Crippen LogP contribution in [0, 0.1) is 3.57 Å². The Labute approximate surface area is 169 Å². The van der Waals surface area contributed by atoms with Gasteiger partial charge in [0.2, 0.25) is 0 Å². The van der Waals surface area contributed by atoms with Crippen LogP contribution in [0.25, 0.3) is 0 Å². The van der Waals surface area contributed by atoms with Crippen LogP contribution in [0.15, 0.2) is 30.3 Å². The Morgan fingerprint density at radius 2 is 2.00 bits per heavy atom. The summed E-state index contributed by atoms with van der Waals surface area (Å²) in [4.78, 5) is 11.0. The van der Waals surface area contributed by atoms with Gasteiger partial charge in [0.05, 0.1) is 20.9 Å². The van der Waals surface area contributed by atoms with E-state index in [1.165, 1.54) is 0 Å². The van der Waals surface area contributed by atoms with Crippen molar-refractivity contribution < 1.29 is 14.3 Å². The van der Waals surface area contributed by atoms with E-state index in [1.54, 1.807) is 12.1 Å². The smallest absolute Gasteiger partial charge is 0.255 e. The van der Waals surface area contributed by atoms with Gasteiger partial charge in [-0.15, -0.1) is 0 Å². The lowest BCUT2D eigenvalue weighted by molar-refractivity contribution is -0.119. The molecule has 0 spiro atoms. The number of rotatable bonds is 8. The minimum Gasteiger partial charge on any atom is -0.490 e. The van der Waals surface area contributed by atoms with Crippen LogP contribution in [-0.2, 0) is 11.3 Å². The molecule has 0 saturated heterocycles. The van der Waals surface area contributed by atoms with E-state index in [4.69, 9.17) is 38.4 Å². The van der Waals surface area contributed by atoms with Crippen molar-refractivity contribution in [2.75, 3.05) is 18.5 Å². The molecule has 1 amide bonds. The Morgan fingerprint density at radius 3 is 2.64 bits per heavy atom. The highest BCUT2D eigenvalue weighted by Crippen LogP contribution is 2.35. The zero-order valence-electron chi connectivity index (χ0n) is 13.4. The number of amides is 1. The lowest BCUT2D eigenvalue weighted by atomic mass is 10.2. The fourth-order valence-electron chi connectivity index (χ4n) is 2.10. The number of ether oxygens (including phenoxy) is 2. The molecule has 5 nitrogen and oxygen atoms in total. The Morgan fingerprint density at radius 1 is 1.24 bits per heavy atom. The number of hydrogen-bond donors (Lipinski definition) is 2. The molecule has 0 aliphatic rings. The van der Waals surface area contributed by atoms with Crippen molar-refractivity contribution >= 4 is 57.4 Å². The van der Waals surface area contributed by atoms with Gasteiger partial charge in [-0.05, 0) is 65.4 Å². The van der Waals surface area contributed by atoms with E-state index < -0.39 is 5.91 Å². The molecule has 2 aromatic rings. The third kappa shape index (κ3) is 5.83. The van der Waals surface area contributed by atoms with Gasteiger partial charge in [0.25, 0.3) is 5.91 Å². The Hall–Kier alpha value is -1.38. The van der Waals surface area contributed by atoms with Crippen LogP contribution in [0.5, 0.6) is 11.5 Å². The van der Waals surface area contributed by atoms with Crippen LogP contribution in [-0.4, -0.2) is 19.1 Å². The van der Waals surface area contributed by atoms with E-state index in [0.29, 0.717) is 34.7 Å². The number of nitrogens with two attached hydrogens (primary N) is 1. The summed E-state index contributed by atoms with van der Waals surface area (Å²) in [5.41, 5.74) is 6.90. The number of primary amides is 1. The lowest BCUT2D eigenvalue weighted by Gasteiger charge is -2.15. The SMILES string of the molecule is CCOc1cc(CNc2ccc(Cl)cc2Cl)cc(I)c1OCC(N)=O. The van der Waals surface area contributed by atoms with Gasteiger partial charge in [-0.25, -0.2) is 0 Å². The second-order valence-corrected chi connectivity index (χ2v) is 7.08. The number of anilines is 1. The van der Waals surface area contributed by atoms with Gasteiger partial charge in [0.15, 0.2) is 18.1 Å². The number of halogens is 3. The van der Waals surface area contributed by atoms with Crippen LogP contribution in [0.1, 0.15) is 12.5 Å². The van der Waals surface area contributed by atoms with Crippen LogP contribution in [0.4, 0.5) is 5.69 Å². The van der Waals surface area contributed by atoms with Crippen molar-refractivity contribution in [1.82, 2.24) is 0 Å². The Kier molecular flexibility index (Phi) is 7.46. The van der Waals surface area contributed by atoms with Crippen LogP contribution < -0.4 is 20.5 Å². The van der Waals surface area contributed by atoms with Gasteiger partial charge in [0.1, 0.15) is 0 Å². The second-order valence-electron chi connectivity index (χ2n) is 5.07. The second kappa shape index (κ2) is 9.35. The van der Waals surface area contributed by atoms with E-state index in [0.717, 1.165) is 14.8 Å². The minimum absolute atomic E-state index is 0.200. The summed E-state index contributed by atoms with van der Waals surface area (Å²) in [6.45, 7) is 2.69. The molecular weight excluding hydrogens is 478 g/mol. The molecule has 25 heavy (non-hydrogen) atoms. The van der Waals surface area contributed by atoms with Gasteiger partial charge in [-0.3, -0.25) is 4.79 Å². The molecule has 0 aliphatic heterocycles. The fourth-order valence-corrected chi connectivity index (χ4v) is 3.40. The summed E-state index contributed by atoms with van der Waals surface area (Å²) in [6.07, 6.45) is 0. The molecule has 8 heteroatoms. The minimum atomic E-state index is -0.540. The van der Waals surface area contributed by atoms with E-state index >= 15 is 0 Å². The summed E-state index contributed by atoms with van der Waals surface area (Å²) >= 11 is 14.2. The van der Waals surface area contributed by atoms with E-state index in [2.05, 4.69) is 27.9 Å². The van der Waals surface area contributed by atoms with Crippen molar-refractivity contribution in [2.45, 2.75) is 13.5 Å². The lowest BCUT2D eigenvalue weighted by Crippen LogP contribution is -2.20. The molecule has 0 atom stereocenters. The molecule has 0 saturated carbocycles. The topological polar surface area (TPSA) is 73.6 Å². The van der Waals surface area contributed by atoms with E-state index in [9.17, 15) is 4.79 Å². The highest BCUT2D eigenvalue weighted by atomic mass is 127. The predicted octanol–water partition coefficient (Wildman–Crippen LogP) is 4.47. The molecule has 0 unspecified atom stereocenters. The number of carbonyl (C=O) groups is 1. The zero-order chi connectivity index (χ0) is 18.4. The number of nitrogens with one attached hydrogen (secondary N) is 1. The molecule has 0 radical (unpaired) electrons. The molecule has 0 aliphatic carbocycles. The first kappa shape index (κ1) is 19.9. The largest absolute Gasteiger partial charge is 0.490 e. The first-order valence-electron chi connectivity index (χ1n) is 7.46. The van der Waals surface area contributed by atoms with E-state index in [-0.39, 0.29) is 6.61 Å². The van der Waals surface area contributed by atoms with Gasteiger partial charge in [-0.2, -0.15) is 0 Å². The molecule has 134 valence electrons. The predicted molar refractivity (Wildman–Crippen MR) is 109 cm³/mol. The maximum Gasteiger partial charge on any atom is 0.255 e. The Balaban J connectivity index is 2.19. The van der Waals surface area contributed by atoms with Gasteiger partial charge in [0, 0.05) is 11.6 Å². The molecule has 0 bridgehead atoms. The fraction of sp³-hybridized carbons (Fsp3) is 0.235. The molecule has 2 rings (SSSR count). The monoisotopic (exact) mass is 494 g/mol. The van der Waals surface area contributed by atoms with Crippen molar-refractivity contribution in [1.29, 1.82) is 0 Å². The van der Waals surface area contributed by atoms with Crippen LogP contribution >= 0.6 is 45.8 Å². The molecular formula is C17H17Cl2IN2O3. The normalized spacial score (nSPS) is 10.4. The highest BCUT2D eigenvalue weighted by Gasteiger charge is 2.13. The summed E-state index contributed by atoms with van der Waals surface area (Å²) in [6, 6.07) is 9.08. The Bertz CT molecular complexity index is 772. The van der Waals surface area contributed by atoms with Crippen molar-refractivity contribution in [3.8, 4) is 11.5 Å². The summed E-state index contributed by atoms with van der Waals surface area (Å²) in [5.74, 6) is 0.533. The summed E-state index contributed by atoms with van der Waals surface area (Å²) < 4.78 is 11.9. The van der Waals surface area contributed by atoms with Crippen molar-refractivity contribution in [2.24, 2.45) is 5.73 Å². The number of hydrogen-bond acceptors (Lipinski definition) is 4. The molecule has 0 fully saturated rings. The first-order chi connectivity index (χ1) is 11.9. The quantitative estimate of drug-likeness (QED) is 0.531. The summed E-state index contributed by atoms with van der Waals surface area (Å²) in [7, 11) is 0. The molecule has 0 heterocycles. The zero-order valence-corrected chi connectivity index (χ0v) is 17.1. The molecule has 2 aromatic carbocycles. The highest BCUT2D eigenvalue weighted by molar-refractivity contribution is 14.1. The third-order valence-electron chi connectivity index (χ3n) is 3.14. The molecule has 0 aromatic heterocycles. The van der Waals surface area contributed by atoms with Gasteiger partial charge in [-0.1, -0.05) is 23.2 Å². The van der Waals surface area contributed by atoms with Crippen LogP contribution in [0.3, 0.4) is 0 Å².